The number of nitrogens with one attached hydrogen (secondary N) is 1. The van der Waals surface area contributed by atoms with Crippen LogP contribution in [0, 0.1) is 0 Å². The van der Waals surface area contributed by atoms with Crippen molar-refractivity contribution in [3.05, 3.63) is 71.8 Å². The Morgan fingerprint density at radius 2 is 1.89 bits per heavy atom. The molecular weight excluding hydrogens is 340 g/mol. The number of fused-ring (bicyclic) bond motifs is 1. The standard InChI is InChI=1S/C22H22N2O3/c1-2-3-14-27-21-13-12-16-8-4-5-9-17(16)19(21)15-23-24-20-11-7-6-10-18(20)22(25)26/h4-13,15,24H,2-3,14H2,1H3,(H,25,26)/b23-15-. The number of carbonyl (C=O) groups is 1. The number of hydrogen-bond donors (Lipinski definition) is 2. The lowest BCUT2D eigenvalue weighted by atomic mass is 10.0. The number of nitrogens with zero attached hydrogens (tertiary/aromatic N) is 1. The van der Waals surface area contributed by atoms with Crippen LogP contribution in [0.2, 0.25) is 0 Å². The van der Waals surface area contributed by atoms with Gasteiger partial charge in [0.1, 0.15) is 5.75 Å². The predicted octanol–water partition coefficient (Wildman–Crippen LogP) is 5.16. The molecule has 3 aromatic carbocycles. The molecule has 5 nitrogen and oxygen atoms in total. The summed E-state index contributed by atoms with van der Waals surface area (Å²) < 4.78 is 5.94. The highest BCUT2D eigenvalue weighted by Gasteiger charge is 2.09. The molecule has 2 N–H and O–H groups in total. The molecule has 3 aromatic rings. The summed E-state index contributed by atoms with van der Waals surface area (Å²) in [4.78, 5) is 11.3. The first-order valence-corrected chi connectivity index (χ1v) is 8.96. The maximum atomic E-state index is 11.3. The molecule has 0 aliphatic rings. The number of carboxylic acid groups (broad SMARTS) is 1. The van der Waals surface area contributed by atoms with E-state index in [1.807, 2.05) is 36.4 Å². The number of hydrogen-bond acceptors (Lipinski definition) is 4. The topological polar surface area (TPSA) is 70.9 Å². The summed E-state index contributed by atoms with van der Waals surface area (Å²) in [5.74, 6) is -0.235. The van der Waals surface area contributed by atoms with Crippen LogP contribution < -0.4 is 10.2 Å². The van der Waals surface area contributed by atoms with Gasteiger partial charge in [-0.05, 0) is 35.4 Å². The summed E-state index contributed by atoms with van der Waals surface area (Å²) >= 11 is 0. The summed E-state index contributed by atoms with van der Waals surface area (Å²) in [5, 5.41) is 15.7. The molecule has 3 rings (SSSR count). The SMILES string of the molecule is CCCCOc1ccc2ccccc2c1/C=N\Nc1ccccc1C(=O)O. The maximum absolute atomic E-state index is 11.3. The Bertz CT molecular complexity index is 967. The van der Waals surface area contributed by atoms with Crippen molar-refractivity contribution < 1.29 is 14.6 Å². The third-order valence-electron chi connectivity index (χ3n) is 4.22. The molecule has 0 spiro atoms. The average molecular weight is 362 g/mol. The van der Waals surface area contributed by atoms with E-state index >= 15 is 0 Å². The van der Waals surface area contributed by atoms with Crippen LogP contribution in [0.5, 0.6) is 5.75 Å². The van der Waals surface area contributed by atoms with Crippen molar-refractivity contribution in [2.24, 2.45) is 5.10 Å². The van der Waals surface area contributed by atoms with Gasteiger partial charge in [-0.3, -0.25) is 5.43 Å². The minimum absolute atomic E-state index is 0.173. The zero-order chi connectivity index (χ0) is 19.1. The van der Waals surface area contributed by atoms with Crippen LogP contribution in [0.25, 0.3) is 10.8 Å². The lowest BCUT2D eigenvalue weighted by Gasteiger charge is -2.11. The second kappa shape index (κ2) is 8.85. The number of rotatable bonds is 8. The van der Waals surface area contributed by atoms with Gasteiger partial charge in [-0.15, -0.1) is 0 Å². The second-order valence-electron chi connectivity index (χ2n) is 6.12. The first-order chi connectivity index (χ1) is 13.2. The number of aromatic carboxylic acids is 1. The van der Waals surface area contributed by atoms with Gasteiger partial charge >= 0.3 is 5.97 Å². The highest BCUT2D eigenvalue weighted by molar-refractivity contribution is 6.03. The average Bonchev–Trinajstić information content (AvgIpc) is 2.69. The Morgan fingerprint density at radius 1 is 1.11 bits per heavy atom. The first-order valence-electron chi connectivity index (χ1n) is 8.96. The Hall–Kier alpha value is -3.34. The Balaban J connectivity index is 1.91. The van der Waals surface area contributed by atoms with Gasteiger partial charge in [0.05, 0.1) is 24.1 Å². The molecule has 0 atom stereocenters. The molecule has 0 radical (unpaired) electrons. The Labute approximate surface area is 158 Å². The summed E-state index contributed by atoms with van der Waals surface area (Å²) in [6.45, 7) is 2.76. The summed E-state index contributed by atoms with van der Waals surface area (Å²) in [6, 6.07) is 18.7. The van der Waals surface area contributed by atoms with Gasteiger partial charge in [-0.1, -0.05) is 55.8 Å². The quantitative estimate of drug-likeness (QED) is 0.330. The molecular formula is C22H22N2O3. The van der Waals surface area contributed by atoms with Gasteiger partial charge in [0.2, 0.25) is 0 Å². The van der Waals surface area contributed by atoms with Gasteiger partial charge < -0.3 is 9.84 Å². The monoisotopic (exact) mass is 362 g/mol. The van der Waals surface area contributed by atoms with Crippen molar-refractivity contribution in [2.75, 3.05) is 12.0 Å². The Morgan fingerprint density at radius 3 is 2.70 bits per heavy atom. The summed E-state index contributed by atoms with van der Waals surface area (Å²) in [7, 11) is 0. The van der Waals surface area contributed by atoms with Crippen LogP contribution in [0.15, 0.2) is 65.8 Å². The van der Waals surface area contributed by atoms with Crippen molar-refractivity contribution in [2.45, 2.75) is 19.8 Å². The van der Waals surface area contributed by atoms with E-state index in [9.17, 15) is 9.90 Å². The molecule has 0 unspecified atom stereocenters. The molecule has 138 valence electrons. The zero-order valence-corrected chi connectivity index (χ0v) is 15.2. The van der Waals surface area contributed by atoms with Crippen LogP contribution in [0.1, 0.15) is 35.7 Å². The Kier molecular flexibility index (Phi) is 6.05. The fourth-order valence-electron chi connectivity index (χ4n) is 2.79. The molecule has 0 bridgehead atoms. The van der Waals surface area contributed by atoms with Crippen LogP contribution in [0.4, 0.5) is 5.69 Å². The van der Waals surface area contributed by atoms with Crippen LogP contribution in [-0.4, -0.2) is 23.9 Å². The van der Waals surface area contributed by atoms with Gasteiger partial charge in [0.15, 0.2) is 0 Å². The molecule has 0 heterocycles. The lowest BCUT2D eigenvalue weighted by molar-refractivity contribution is 0.0698. The third-order valence-corrected chi connectivity index (χ3v) is 4.22. The number of anilines is 1. The number of carboxylic acids is 1. The van der Waals surface area contributed by atoms with Gasteiger partial charge in [0, 0.05) is 5.56 Å². The molecule has 0 aliphatic carbocycles. The summed E-state index contributed by atoms with van der Waals surface area (Å²) in [6.07, 6.45) is 3.72. The van der Waals surface area contributed by atoms with Gasteiger partial charge in [-0.2, -0.15) is 5.10 Å². The smallest absolute Gasteiger partial charge is 0.337 e. The third kappa shape index (κ3) is 4.44. The number of ether oxygens (including phenoxy) is 1. The zero-order valence-electron chi connectivity index (χ0n) is 15.2. The number of benzene rings is 3. The van der Waals surface area contributed by atoms with E-state index in [1.165, 1.54) is 6.07 Å². The number of para-hydroxylation sites is 1. The van der Waals surface area contributed by atoms with E-state index in [0.29, 0.717) is 12.3 Å². The maximum Gasteiger partial charge on any atom is 0.337 e. The van der Waals surface area contributed by atoms with E-state index < -0.39 is 5.97 Å². The van der Waals surface area contributed by atoms with Crippen LogP contribution in [-0.2, 0) is 0 Å². The minimum Gasteiger partial charge on any atom is -0.493 e. The van der Waals surface area contributed by atoms with Gasteiger partial charge in [0.25, 0.3) is 0 Å². The largest absolute Gasteiger partial charge is 0.493 e. The first kappa shape index (κ1) is 18.5. The van der Waals surface area contributed by atoms with E-state index in [1.54, 1.807) is 24.4 Å². The number of unbranched alkanes of at least 4 members (excludes halogenated alkanes) is 1. The van der Waals surface area contributed by atoms with Crippen molar-refractivity contribution in [1.29, 1.82) is 0 Å². The molecule has 0 aliphatic heterocycles. The molecule has 5 heteroatoms. The fraction of sp³-hybridized carbons (Fsp3) is 0.182. The molecule has 0 saturated heterocycles. The highest BCUT2D eigenvalue weighted by atomic mass is 16.5. The summed E-state index contributed by atoms with van der Waals surface area (Å²) in [5.41, 5.74) is 4.31. The van der Waals surface area contributed by atoms with Crippen LogP contribution in [0.3, 0.4) is 0 Å². The molecule has 0 aromatic heterocycles. The van der Waals surface area contributed by atoms with Crippen molar-refractivity contribution in [1.82, 2.24) is 0 Å². The number of hydrazone groups is 1. The van der Waals surface area contributed by atoms with E-state index in [0.717, 1.165) is 34.9 Å². The molecule has 0 saturated carbocycles. The van der Waals surface area contributed by atoms with E-state index in [2.05, 4.69) is 17.5 Å². The minimum atomic E-state index is -0.998. The van der Waals surface area contributed by atoms with Crippen molar-refractivity contribution in [3.8, 4) is 5.75 Å². The van der Waals surface area contributed by atoms with Crippen molar-refractivity contribution >= 4 is 28.6 Å². The highest BCUT2D eigenvalue weighted by Crippen LogP contribution is 2.27. The van der Waals surface area contributed by atoms with Crippen molar-refractivity contribution in [3.63, 3.8) is 0 Å². The normalized spacial score (nSPS) is 11.0. The molecule has 0 fully saturated rings. The van der Waals surface area contributed by atoms with E-state index in [4.69, 9.17) is 4.74 Å². The molecule has 27 heavy (non-hydrogen) atoms. The molecule has 0 amide bonds. The van der Waals surface area contributed by atoms with E-state index in [-0.39, 0.29) is 5.56 Å². The fourth-order valence-corrected chi connectivity index (χ4v) is 2.79. The lowest BCUT2D eigenvalue weighted by Crippen LogP contribution is -2.03. The predicted molar refractivity (Wildman–Crippen MR) is 109 cm³/mol. The van der Waals surface area contributed by atoms with Gasteiger partial charge in [-0.25, -0.2) is 4.79 Å². The second-order valence-corrected chi connectivity index (χ2v) is 6.12. The van der Waals surface area contributed by atoms with Crippen LogP contribution >= 0.6 is 0 Å².